The highest BCUT2D eigenvalue weighted by Gasteiger charge is 2.25. The fraction of sp³-hybridized carbons (Fsp3) is 0.643. The van der Waals surface area contributed by atoms with Gasteiger partial charge >= 0.3 is 0 Å². The molecular weight excluding hydrogens is 502 g/mol. The number of nitrogens with zero attached hydrogens (tertiary/aromatic N) is 4. The Bertz CT molecular complexity index is 1180. The summed E-state index contributed by atoms with van der Waals surface area (Å²) >= 11 is 0. The summed E-state index contributed by atoms with van der Waals surface area (Å²) in [6.07, 6.45) is 8.85. The van der Waals surface area contributed by atoms with Crippen LogP contribution in [0.4, 0.5) is 0 Å². The number of amides is 1. The van der Waals surface area contributed by atoms with Crippen molar-refractivity contribution in [2.24, 2.45) is 5.92 Å². The number of benzene rings is 1. The number of nitrogens with one attached hydrogen (secondary N) is 1. The van der Waals surface area contributed by atoms with E-state index in [1.54, 1.807) is 24.3 Å². The Morgan fingerprint density at radius 3 is 2.37 bits per heavy atom. The average Bonchev–Trinajstić information content (AvgIpc) is 3.19. The maximum atomic E-state index is 12.7. The van der Waals surface area contributed by atoms with Gasteiger partial charge in [0.2, 0.25) is 15.9 Å². The van der Waals surface area contributed by atoms with E-state index in [0.717, 1.165) is 53.9 Å². The molecule has 1 aliphatic heterocycles. The quantitative estimate of drug-likeness (QED) is 0.475. The Kier molecular flexibility index (Phi) is 9.62. The van der Waals surface area contributed by atoms with Crippen molar-refractivity contribution < 1.29 is 18.3 Å². The van der Waals surface area contributed by atoms with Crippen LogP contribution < -0.4 is 5.32 Å². The molecule has 38 heavy (non-hydrogen) atoms. The summed E-state index contributed by atoms with van der Waals surface area (Å²) in [6.45, 7) is 6.56. The van der Waals surface area contributed by atoms with Gasteiger partial charge in [0, 0.05) is 56.9 Å². The third kappa shape index (κ3) is 6.83. The van der Waals surface area contributed by atoms with Crippen LogP contribution in [0.25, 0.3) is 5.69 Å². The van der Waals surface area contributed by atoms with Crippen LogP contribution in [0.1, 0.15) is 68.3 Å². The molecule has 2 fully saturated rings. The molecule has 0 spiro atoms. The first kappa shape index (κ1) is 28.7. The molecule has 210 valence electrons. The average molecular weight is 546 g/mol. The summed E-state index contributed by atoms with van der Waals surface area (Å²) in [4.78, 5) is 15.2. The largest absolute Gasteiger partial charge is 0.395 e. The van der Waals surface area contributed by atoms with E-state index in [4.69, 9.17) is 10.2 Å². The SMILES string of the molecule is Cc1nn(-c2ccc(S(=O)(=O)N(C)CCO)cc2)c(C)c1CN1CCC(NC(=O)CC2CCCCC2)CC1. The van der Waals surface area contributed by atoms with Crippen molar-refractivity contribution in [1.29, 1.82) is 0 Å². The van der Waals surface area contributed by atoms with E-state index in [-0.39, 0.29) is 30.0 Å². The number of aromatic nitrogens is 2. The predicted molar refractivity (Wildman–Crippen MR) is 148 cm³/mol. The zero-order valence-electron chi connectivity index (χ0n) is 23.0. The van der Waals surface area contributed by atoms with E-state index in [2.05, 4.69) is 10.2 Å². The highest BCUT2D eigenvalue weighted by Crippen LogP contribution is 2.27. The molecule has 2 N–H and O–H groups in total. The summed E-state index contributed by atoms with van der Waals surface area (Å²) in [5.74, 6) is 0.793. The molecule has 0 bridgehead atoms. The smallest absolute Gasteiger partial charge is 0.242 e. The fourth-order valence-corrected chi connectivity index (χ4v) is 6.92. The maximum Gasteiger partial charge on any atom is 0.242 e. The first-order valence-electron chi connectivity index (χ1n) is 13.9. The van der Waals surface area contributed by atoms with E-state index >= 15 is 0 Å². The molecule has 0 atom stereocenters. The minimum Gasteiger partial charge on any atom is -0.395 e. The number of sulfonamides is 1. The Morgan fingerprint density at radius 1 is 1.08 bits per heavy atom. The zero-order chi connectivity index (χ0) is 27.3. The highest BCUT2D eigenvalue weighted by molar-refractivity contribution is 7.89. The van der Waals surface area contributed by atoms with Gasteiger partial charge in [-0.25, -0.2) is 13.1 Å². The molecule has 0 radical (unpaired) electrons. The lowest BCUT2D eigenvalue weighted by atomic mass is 9.86. The van der Waals surface area contributed by atoms with Gasteiger partial charge in [0.1, 0.15) is 0 Å². The second-order valence-electron chi connectivity index (χ2n) is 10.9. The second-order valence-corrected chi connectivity index (χ2v) is 13.0. The van der Waals surface area contributed by atoms with Gasteiger partial charge in [-0.3, -0.25) is 9.69 Å². The number of rotatable bonds is 10. The number of hydrogen-bond acceptors (Lipinski definition) is 6. The molecule has 1 saturated heterocycles. The number of carbonyl (C=O) groups excluding carboxylic acids is 1. The van der Waals surface area contributed by atoms with Crippen LogP contribution in [0.15, 0.2) is 29.2 Å². The molecule has 2 heterocycles. The van der Waals surface area contributed by atoms with Crippen LogP contribution in [0, 0.1) is 19.8 Å². The molecule has 1 aromatic heterocycles. The molecule has 10 heteroatoms. The van der Waals surface area contributed by atoms with Gasteiger partial charge in [-0.05, 0) is 69.7 Å². The van der Waals surface area contributed by atoms with Gasteiger partial charge in [0.05, 0.1) is 22.9 Å². The van der Waals surface area contributed by atoms with Gasteiger partial charge < -0.3 is 10.4 Å². The van der Waals surface area contributed by atoms with E-state index in [1.165, 1.54) is 44.7 Å². The van der Waals surface area contributed by atoms with Crippen LogP contribution in [-0.2, 0) is 21.4 Å². The lowest BCUT2D eigenvalue weighted by Gasteiger charge is -2.33. The fourth-order valence-electron chi connectivity index (χ4n) is 5.75. The molecule has 1 saturated carbocycles. The molecule has 2 aliphatic rings. The van der Waals surface area contributed by atoms with Crippen molar-refractivity contribution in [2.75, 3.05) is 33.3 Å². The topological polar surface area (TPSA) is 108 Å². The first-order valence-corrected chi connectivity index (χ1v) is 15.4. The molecule has 1 amide bonds. The lowest BCUT2D eigenvalue weighted by molar-refractivity contribution is -0.123. The molecular formula is C28H43N5O4S. The van der Waals surface area contributed by atoms with Crippen molar-refractivity contribution in [1.82, 2.24) is 24.3 Å². The number of hydrogen-bond donors (Lipinski definition) is 2. The van der Waals surface area contributed by atoms with E-state index in [0.29, 0.717) is 12.3 Å². The lowest BCUT2D eigenvalue weighted by Crippen LogP contribution is -2.44. The summed E-state index contributed by atoms with van der Waals surface area (Å²) in [6, 6.07) is 6.97. The molecule has 1 aromatic carbocycles. The Morgan fingerprint density at radius 2 is 1.74 bits per heavy atom. The first-order chi connectivity index (χ1) is 18.2. The molecule has 1 aliphatic carbocycles. The molecule has 4 rings (SSSR count). The minimum absolute atomic E-state index is 0.0506. The summed E-state index contributed by atoms with van der Waals surface area (Å²) in [7, 11) is -2.18. The monoisotopic (exact) mass is 545 g/mol. The van der Waals surface area contributed by atoms with Gasteiger partial charge in [0.15, 0.2) is 0 Å². The Balaban J connectivity index is 1.33. The van der Waals surface area contributed by atoms with Crippen molar-refractivity contribution in [2.45, 2.75) is 82.7 Å². The van der Waals surface area contributed by atoms with Gasteiger partial charge in [0.25, 0.3) is 0 Å². The molecule has 2 aromatic rings. The number of aliphatic hydroxyl groups excluding tert-OH is 1. The van der Waals surface area contributed by atoms with Crippen molar-refractivity contribution in [3.05, 3.63) is 41.2 Å². The highest BCUT2D eigenvalue weighted by atomic mass is 32.2. The van der Waals surface area contributed by atoms with Crippen LogP contribution >= 0.6 is 0 Å². The van der Waals surface area contributed by atoms with Crippen molar-refractivity contribution in [3.63, 3.8) is 0 Å². The van der Waals surface area contributed by atoms with Crippen molar-refractivity contribution >= 4 is 15.9 Å². The number of aliphatic hydroxyl groups is 1. The van der Waals surface area contributed by atoms with E-state index in [9.17, 15) is 13.2 Å². The molecule has 0 unspecified atom stereocenters. The van der Waals surface area contributed by atoms with Gasteiger partial charge in [-0.15, -0.1) is 0 Å². The Labute approximate surface area is 227 Å². The molecule has 9 nitrogen and oxygen atoms in total. The van der Waals surface area contributed by atoms with Crippen molar-refractivity contribution in [3.8, 4) is 5.69 Å². The van der Waals surface area contributed by atoms with E-state index < -0.39 is 10.0 Å². The van der Waals surface area contributed by atoms with Gasteiger partial charge in [-0.2, -0.15) is 9.40 Å². The maximum absolute atomic E-state index is 12.7. The second kappa shape index (κ2) is 12.7. The Hall–Kier alpha value is -2.27. The summed E-state index contributed by atoms with van der Waals surface area (Å²) < 4.78 is 28.3. The zero-order valence-corrected chi connectivity index (χ0v) is 23.8. The third-order valence-corrected chi connectivity index (χ3v) is 10.0. The number of piperidine rings is 1. The number of aryl methyl sites for hydroxylation is 1. The van der Waals surface area contributed by atoms with Crippen LogP contribution in [-0.4, -0.2) is 77.7 Å². The summed E-state index contributed by atoms with van der Waals surface area (Å²) in [5, 5.41) is 17.1. The standard InChI is InChI=1S/C28H43N5O4S/c1-21-27(20-32-15-13-24(14-16-32)29-28(35)19-23-7-5-4-6-8-23)22(2)33(30-21)25-9-11-26(12-10-25)38(36,37)31(3)17-18-34/h9-12,23-24,34H,4-8,13-20H2,1-3H3,(H,29,35). The van der Waals surface area contributed by atoms with Crippen LogP contribution in [0.5, 0.6) is 0 Å². The summed E-state index contributed by atoms with van der Waals surface area (Å²) in [5.41, 5.74) is 3.99. The van der Waals surface area contributed by atoms with Gasteiger partial charge in [-0.1, -0.05) is 19.3 Å². The third-order valence-electron chi connectivity index (χ3n) is 8.18. The van der Waals surface area contributed by atoms with E-state index in [1.807, 2.05) is 18.5 Å². The number of likely N-dealkylation sites (tertiary alicyclic amines) is 1. The van der Waals surface area contributed by atoms with Crippen LogP contribution in [0.2, 0.25) is 0 Å². The van der Waals surface area contributed by atoms with Crippen LogP contribution in [0.3, 0.4) is 0 Å². The minimum atomic E-state index is -3.64. The number of carbonyl (C=O) groups is 1. The number of likely N-dealkylation sites (N-methyl/N-ethyl adjacent to an activating group) is 1. The normalized spacial score (nSPS) is 18.2. The predicted octanol–water partition coefficient (Wildman–Crippen LogP) is 3.15.